The molecular weight excluding hydrogens is 363 g/mol. The van der Waals surface area contributed by atoms with Gasteiger partial charge in [0.25, 0.3) is 0 Å². The van der Waals surface area contributed by atoms with Gasteiger partial charge in [0.1, 0.15) is 0 Å². The van der Waals surface area contributed by atoms with Crippen molar-refractivity contribution in [1.29, 1.82) is 0 Å². The van der Waals surface area contributed by atoms with Gasteiger partial charge >= 0.3 is 0 Å². The van der Waals surface area contributed by atoms with Crippen molar-refractivity contribution in [2.45, 2.75) is 32.9 Å². The molecule has 0 bridgehead atoms. The first-order chi connectivity index (χ1) is 9.11. The van der Waals surface area contributed by atoms with Crippen LogP contribution in [0.5, 0.6) is 0 Å². The van der Waals surface area contributed by atoms with Crippen LogP contribution in [0.3, 0.4) is 0 Å². The molecular formula is C15H27IN4. The molecule has 1 aromatic rings. The fraction of sp³-hybridized carbons (Fsp3) is 0.533. The maximum Gasteiger partial charge on any atom is 0.188 e. The summed E-state index contributed by atoms with van der Waals surface area (Å²) in [6.07, 6.45) is 2.28. The average molecular weight is 390 g/mol. The molecule has 1 rings (SSSR count). The van der Waals surface area contributed by atoms with Crippen molar-refractivity contribution >= 4 is 29.9 Å². The Hall–Kier alpha value is -0.820. The van der Waals surface area contributed by atoms with E-state index >= 15 is 0 Å². The molecule has 0 amide bonds. The number of hydrogen-bond donors (Lipinski definition) is 2. The monoisotopic (exact) mass is 390 g/mol. The largest absolute Gasteiger partial charge is 0.370 e. The Kier molecular flexibility index (Phi) is 10.5. The summed E-state index contributed by atoms with van der Waals surface area (Å²) in [7, 11) is 4.14. The Morgan fingerprint density at radius 3 is 2.35 bits per heavy atom. The molecule has 5 heteroatoms. The molecule has 20 heavy (non-hydrogen) atoms. The minimum absolute atomic E-state index is 0. The lowest BCUT2D eigenvalue weighted by Crippen LogP contribution is -2.32. The third-order valence-corrected chi connectivity index (χ3v) is 2.79. The van der Waals surface area contributed by atoms with Gasteiger partial charge in [0.05, 0.1) is 6.54 Å². The molecule has 0 aliphatic carbocycles. The van der Waals surface area contributed by atoms with E-state index in [1.807, 2.05) is 0 Å². The molecule has 0 spiro atoms. The number of guanidine groups is 1. The quantitative estimate of drug-likeness (QED) is 0.326. The van der Waals surface area contributed by atoms with Gasteiger partial charge in [-0.15, -0.1) is 24.0 Å². The summed E-state index contributed by atoms with van der Waals surface area (Å²) < 4.78 is 0. The van der Waals surface area contributed by atoms with Gasteiger partial charge in [0, 0.05) is 13.1 Å². The number of nitrogens with zero attached hydrogens (tertiary/aromatic N) is 2. The first-order valence-electron chi connectivity index (χ1n) is 6.88. The van der Waals surface area contributed by atoms with Gasteiger partial charge in [-0.25, -0.2) is 4.99 Å². The number of unbranched alkanes of at least 4 members (excludes halogenated alkanes) is 1. The summed E-state index contributed by atoms with van der Waals surface area (Å²) in [6.45, 7) is 4.65. The number of nitrogens with two attached hydrogens (primary N) is 1. The van der Waals surface area contributed by atoms with Gasteiger partial charge in [0.2, 0.25) is 0 Å². The van der Waals surface area contributed by atoms with Gasteiger partial charge in [-0.1, -0.05) is 37.6 Å². The van der Waals surface area contributed by atoms with Crippen LogP contribution in [-0.4, -0.2) is 31.5 Å². The van der Waals surface area contributed by atoms with Crippen LogP contribution in [0.25, 0.3) is 0 Å². The highest BCUT2D eigenvalue weighted by atomic mass is 127. The molecule has 114 valence electrons. The first-order valence-corrected chi connectivity index (χ1v) is 6.88. The second kappa shape index (κ2) is 10.9. The highest BCUT2D eigenvalue weighted by molar-refractivity contribution is 14.0. The molecule has 0 aliphatic rings. The third-order valence-electron chi connectivity index (χ3n) is 2.79. The Labute approximate surface area is 139 Å². The molecule has 0 unspecified atom stereocenters. The van der Waals surface area contributed by atoms with Crippen LogP contribution in [0.2, 0.25) is 0 Å². The normalized spacial score (nSPS) is 11.3. The van der Waals surface area contributed by atoms with Crippen molar-refractivity contribution in [3.63, 3.8) is 0 Å². The predicted octanol–water partition coefficient (Wildman–Crippen LogP) is 2.57. The van der Waals surface area contributed by atoms with Gasteiger partial charge in [-0.3, -0.25) is 0 Å². The molecule has 0 heterocycles. The van der Waals surface area contributed by atoms with E-state index in [1.165, 1.54) is 11.1 Å². The van der Waals surface area contributed by atoms with Crippen LogP contribution in [0, 0.1) is 0 Å². The van der Waals surface area contributed by atoms with Crippen LogP contribution < -0.4 is 11.1 Å². The van der Waals surface area contributed by atoms with Gasteiger partial charge in [-0.05, 0) is 31.6 Å². The zero-order chi connectivity index (χ0) is 14.1. The van der Waals surface area contributed by atoms with Crippen molar-refractivity contribution < 1.29 is 0 Å². The summed E-state index contributed by atoms with van der Waals surface area (Å²) in [4.78, 5) is 6.49. The van der Waals surface area contributed by atoms with Crippen LogP contribution in [-0.2, 0) is 13.1 Å². The molecule has 1 aromatic carbocycles. The SMILES string of the molecule is CCCCNC(N)=NCc1ccc(CN(C)C)cc1.I. The molecule has 4 nitrogen and oxygen atoms in total. The zero-order valence-corrected chi connectivity index (χ0v) is 15.1. The van der Waals surface area contributed by atoms with E-state index in [4.69, 9.17) is 5.73 Å². The number of rotatable bonds is 7. The second-order valence-corrected chi connectivity index (χ2v) is 5.04. The number of halogens is 1. The number of benzene rings is 1. The number of hydrogen-bond acceptors (Lipinski definition) is 2. The summed E-state index contributed by atoms with van der Waals surface area (Å²) in [6, 6.07) is 8.51. The minimum atomic E-state index is 0. The predicted molar refractivity (Wildman–Crippen MR) is 97.5 cm³/mol. The van der Waals surface area contributed by atoms with Crippen molar-refractivity contribution in [2.24, 2.45) is 10.7 Å². The summed E-state index contributed by atoms with van der Waals surface area (Å²) in [5.41, 5.74) is 8.29. The molecule has 0 fully saturated rings. The average Bonchev–Trinajstić information content (AvgIpc) is 2.37. The standard InChI is InChI=1S/C15H26N4.HI/c1-4-5-10-17-15(16)18-11-13-6-8-14(9-7-13)12-19(2)3;/h6-9H,4-5,10-12H2,1-3H3,(H3,16,17,18);1H. The van der Waals surface area contributed by atoms with Gasteiger partial charge < -0.3 is 16.0 Å². The molecule has 0 aliphatic heterocycles. The van der Waals surface area contributed by atoms with Gasteiger partial charge in [0.15, 0.2) is 5.96 Å². The van der Waals surface area contributed by atoms with Crippen LogP contribution >= 0.6 is 24.0 Å². The lowest BCUT2D eigenvalue weighted by molar-refractivity contribution is 0.402. The molecule has 0 saturated carbocycles. The molecule has 0 aromatic heterocycles. The molecule has 0 atom stereocenters. The van der Waals surface area contributed by atoms with Crippen molar-refractivity contribution in [3.05, 3.63) is 35.4 Å². The Balaban J connectivity index is 0.00000361. The Morgan fingerprint density at radius 1 is 1.20 bits per heavy atom. The van der Waals surface area contributed by atoms with Crippen molar-refractivity contribution in [3.8, 4) is 0 Å². The van der Waals surface area contributed by atoms with E-state index in [0.29, 0.717) is 12.5 Å². The summed E-state index contributed by atoms with van der Waals surface area (Å²) in [5, 5.41) is 3.11. The number of aliphatic imine (C=N–C) groups is 1. The maximum atomic E-state index is 5.79. The Morgan fingerprint density at radius 2 is 1.80 bits per heavy atom. The number of nitrogens with one attached hydrogen (secondary N) is 1. The summed E-state index contributed by atoms with van der Waals surface area (Å²) >= 11 is 0. The topological polar surface area (TPSA) is 53.6 Å². The smallest absolute Gasteiger partial charge is 0.188 e. The van der Waals surface area contributed by atoms with Crippen LogP contribution in [0.1, 0.15) is 30.9 Å². The maximum absolute atomic E-state index is 5.79. The second-order valence-electron chi connectivity index (χ2n) is 5.04. The van der Waals surface area contributed by atoms with E-state index in [-0.39, 0.29) is 24.0 Å². The minimum Gasteiger partial charge on any atom is -0.370 e. The fourth-order valence-corrected chi connectivity index (χ4v) is 1.74. The highest BCUT2D eigenvalue weighted by Crippen LogP contribution is 2.07. The lowest BCUT2D eigenvalue weighted by Gasteiger charge is -2.09. The molecule has 0 radical (unpaired) electrons. The highest BCUT2D eigenvalue weighted by Gasteiger charge is 1.97. The molecule has 0 saturated heterocycles. The van der Waals surface area contributed by atoms with E-state index in [1.54, 1.807) is 0 Å². The van der Waals surface area contributed by atoms with Crippen LogP contribution in [0.4, 0.5) is 0 Å². The van der Waals surface area contributed by atoms with E-state index in [2.05, 4.69) is 60.5 Å². The lowest BCUT2D eigenvalue weighted by atomic mass is 10.1. The van der Waals surface area contributed by atoms with Crippen molar-refractivity contribution in [1.82, 2.24) is 10.2 Å². The van der Waals surface area contributed by atoms with Crippen molar-refractivity contribution in [2.75, 3.05) is 20.6 Å². The first kappa shape index (κ1) is 19.2. The fourth-order valence-electron chi connectivity index (χ4n) is 1.74. The van der Waals surface area contributed by atoms with E-state index < -0.39 is 0 Å². The van der Waals surface area contributed by atoms with Gasteiger partial charge in [-0.2, -0.15) is 0 Å². The molecule has 3 N–H and O–H groups in total. The summed E-state index contributed by atoms with van der Waals surface area (Å²) in [5.74, 6) is 0.533. The Bertz CT molecular complexity index is 387. The third kappa shape index (κ3) is 8.37. The van der Waals surface area contributed by atoms with E-state index in [0.717, 1.165) is 25.9 Å². The van der Waals surface area contributed by atoms with Crippen LogP contribution in [0.15, 0.2) is 29.3 Å². The zero-order valence-electron chi connectivity index (χ0n) is 12.7. The van der Waals surface area contributed by atoms with E-state index in [9.17, 15) is 0 Å².